The fraction of sp³-hybridized carbons (Fsp3) is 0.400. The van der Waals surface area contributed by atoms with E-state index in [9.17, 15) is 0 Å². The molecule has 96 valence electrons. The van der Waals surface area contributed by atoms with Crippen molar-refractivity contribution in [1.82, 2.24) is 5.16 Å². The number of rotatable bonds is 1. The molecule has 3 nitrogen and oxygen atoms in total. The topological polar surface area (TPSA) is 52.0 Å². The van der Waals surface area contributed by atoms with E-state index in [4.69, 9.17) is 10.3 Å². The molecule has 0 aliphatic rings. The van der Waals surface area contributed by atoms with E-state index in [1.807, 2.05) is 0 Å². The molecule has 2 aromatic rings. The number of aryl methyl sites for hydroxylation is 2. The summed E-state index contributed by atoms with van der Waals surface area (Å²) >= 11 is 0. The van der Waals surface area contributed by atoms with Crippen LogP contribution in [-0.2, 0) is 5.41 Å². The van der Waals surface area contributed by atoms with Gasteiger partial charge in [-0.05, 0) is 30.5 Å². The number of aromatic nitrogens is 1. The molecule has 2 N–H and O–H groups in total. The first-order valence-electron chi connectivity index (χ1n) is 6.14. The third-order valence-corrected chi connectivity index (χ3v) is 3.22. The van der Waals surface area contributed by atoms with Gasteiger partial charge in [0.2, 0.25) is 5.88 Å². The highest BCUT2D eigenvalue weighted by Crippen LogP contribution is 2.37. The standard InChI is InChI=1S/C15H20N2O/c1-9-6-7-11(8-10(9)2)12-13(15(3,4)5)17-18-14(12)16/h6-8H,16H2,1-5H3. The van der Waals surface area contributed by atoms with Crippen molar-refractivity contribution in [2.24, 2.45) is 0 Å². The Morgan fingerprint density at radius 3 is 2.33 bits per heavy atom. The van der Waals surface area contributed by atoms with Crippen LogP contribution in [0, 0.1) is 13.8 Å². The largest absolute Gasteiger partial charge is 0.367 e. The van der Waals surface area contributed by atoms with Gasteiger partial charge in [-0.15, -0.1) is 0 Å². The molecule has 0 aliphatic carbocycles. The molecule has 0 saturated carbocycles. The van der Waals surface area contributed by atoms with Gasteiger partial charge in [0.15, 0.2) is 0 Å². The predicted molar refractivity (Wildman–Crippen MR) is 74.5 cm³/mol. The number of nitrogen functional groups attached to an aromatic ring is 1. The average Bonchev–Trinajstić information content (AvgIpc) is 2.64. The highest BCUT2D eigenvalue weighted by Gasteiger charge is 2.26. The molecular weight excluding hydrogens is 224 g/mol. The van der Waals surface area contributed by atoms with Crippen LogP contribution < -0.4 is 5.73 Å². The first-order chi connectivity index (χ1) is 8.30. The lowest BCUT2D eigenvalue weighted by Gasteiger charge is -2.17. The Morgan fingerprint density at radius 2 is 1.78 bits per heavy atom. The van der Waals surface area contributed by atoms with Crippen molar-refractivity contribution in [3.63, 3.8) is 0 Å². The van der Waals surface area contributed by atoms with Crippen LogP contribution in [0.25, 0.3) is 11.1 Å². The van der Waals surface area contributed by atoms with Crippen LogP contribution in [-0.4, -0.2) is 5.16 Å². The SMILES string of the molecule is Cc1ccc(-c2c(C(C)(C)C)noc2N)cc1C. The van der Waals surface area contributed by atoms with E-state index in [1.54, 1.807) is 0 Å². The highest BCUT2D eigenvalue weighted by molar-refractivity contribution is 5.76. The Labute approximate surface area is 108 Å². The lowest BCUT2D eigenvalue weighted by Crippen LogP contribution is -2.13. The van der Waals surface area contributed by atoms with Gasteiger partial charge in [-0.1, -0.05) is 44.1 Å². The zero-order valence-electron chi connectivity index (χ0n) is 11.7. The van der Waals surface area contributed by atoms with Crippen LogP contribution in [0.15, 0.2) is 22.7 Å². The van der Waals surface area contributed by atoms with Gasteiger partial charge in [0.05, 0.1) is 11.3 Å². The monoisotopic (exact) mass is 244 g/mol. The molecule has 0 radical (unpaired) electrons. The number of anilines is 1. The maximum Gasteiger partial charge on any atom is 0.230 e. The van der Waals surface area contributed by atoms with E-state index >= 15 is 0 Å². The van der Waals surface area contributed by atoms with Crippen LogP contribution in [0.4, 0.5) is 5.88 Å². The third-order valence-electron chi connectivity index (χ3n) is 3.22. The van der Waals surface area contributed by atoms with E-state index in [2.05, 4.69) is 58.0 Å². The second kappa shape index (κ2) is 4.16. The van der Waals surface area contributed by atoms with Gasteiger partial charge in [0, 0.05) is 5.41 Å². The van der Waals surface area contributed by atoms with Crippen LogP contribution in [0.2, 0.25) is 0 Å². The van der Waals surface area contributed by atoms with Crippen molar-refractivity contribution in [2.75, 3.05) is 5.73 Å². The fourth-order valence-electron chi connectivity index (χ4n) is 1.99. The van der Waals surface area contributed by atoms with Crippen LogP contribution in [0.1, 0.15) is 37.6 Å². The zero-order valence-corrected chi connectivity index (χ0v) is 11.7. The Morgan fingerprint density at radius 1 is 1.11 bits per heavy atom. The summed E-state index contributed by atoms with van der Waals surface area (Å²) in [6.07, 6.45) is 0. The summed E-state index contributed by atoms with van der Waals surface area (Å²) in [5.74, 6) is 0.392. The van der Waals surface area contributed by atoms with Crippen molar-refractivity contribution in [3.8, 4) is 11.1 Å². The first-order valence-corrected chi connectivity index (χ1v) is 6.14. The Balaban J connectivity index is 2.63. The number of nitrogens with two attached hydrogens (primary N) is 1. The summed E-state index contributed by atoms with van der Waals surface area (Å²) in [4.78, 5) is 0. The van der Waals surface area contributed by atoms with Crippen molar-refractivity contribution >= 4 is 5.88 Å². The minimum absolute atomic E-state index is 0.0881. The molecule has 1 aromatic heterocycles. The van der Waals surface area contributed by atoms with Gasteiger partial charge < -0.3 is 10.3 Å². The highest BCUT2D eigenvalue weighted by atomic mass is 16.5. The van der Waals surface area contributed by atoms with Gasteiger partial charge in [-0.3, -0.25) is 0 Å². The summed E-state index contributed by atoms with van der Waals surface area (Å²) in [5.41, 5.74) is 11.3. The van der Waals surface area contributed by atoms with Crippen LogP contribution >= 0.6 is 0 Å². The molecule has 1 aromatic carbocycles. The molecule has 0 spiro atoms. The fourth-order valence-corrected chi connectivity index (χ4v) is 1.99. The lowest BCUT2D eigenvalue weighted by molar-refractivity contribution is 0.405. The molecule has 0 unspecified atom stereocenters. The summed E-state index contributed by atoms with van der Waals surface area (Å²) in [6, 6.07) is 6.30. The summed E-state index contributed by atoms with van der Waals surface area (Å²) < 4.78 is 5.17. The Bertz CT molecular complexity index is 577. The second-order valence-corrected chi connectivity index (χ2v) is 5.82. The number of nitrogens with zero attached hydrogens (tertiary/aromatic N) is 1. The van der Waals surface area contributed by atoms with E-state index < -0.39 is 0 Å². The molecule has 0 bridgehead atoms. The van der Waals surface area contributed by atoms with Crippen molar-refractivity contribution in [2.45, 2.75) is 40.0 Å². The van der Waals surface area contributed by atoms with Crippen LogP contribution in [0.5, 0.6) is 0 Å². The molecular formula is C15H20N2O. The molecule has 0 aliphatic heterocycles. The van der Waals surface area contributed by atoms with Crippen molar-refractivity contribution in [3.05, 3.63) is 35.0 Å². The molecule has 1 heterocycles. The maximum atomic E-state index is 5.93. The number of hydrogen-bond acceptors (Lipinski definition) is 3. The summed E-state index contributed by atoms with van der Waals surface area (Å²) in [6.45, 7) is 10.5. The average molecular weight is 244 g/mol. The summed E-state index contributed by atoms with van der Waals surface area (Å²) in [5, 5.41) is 4.12. The molecule has 0 atom stereocenters. The predicted octanol–water partition coefficient (Wildman–Crippen LogP) is 3.84. The van der Waals surface area contributed by atoms with Crippen molar-refractivity contribution < 1.29 is 4.52 Å². The van der Waals surface area contributed by atoms with Gasteiger partial charge in [0.25, 0.3) is 0 Å². The zero-order chi connectivity index (χ0) is 13.5. The smallest absolute Gasteiger partial charge is 0.230 e. The lowest BCUT2D eigenvalue weighted by atomic mass is 9.86. The Hall–Kier alpha value is -1.77. The van der Waals surface area contributed by atoms with E-state index in [0.29, 0.717) is 5.88 Å². The second-order valence-electron chi connectivity index (χ2n) is 5.82. The van der Waals surface area contributed by atoms with Crippen molar-refractivity contribution in [1.29, 1.82) is 0 Å². The van der Waals surface area contributed by atoms with E-state index in [1.165, 1.54) is 11.1 Å². The molecule has 0 saturated heterocycles. The molecule has 18 heavy (non-hydrogen) atoms. The van der Waals surface area contributed by atoms with Crippen LogP contribution in [0.3, 0.4) is 0 Å². The molecule has 0 amide bonds. The minimum Gasteiger partial charge on any atom is -0.367 e. The van der Waals surface area contributed by atoms with Gasteiger partial charge >= 0.3 is 0 Å². The first kappa shape index (κ1) is 12.7. The van der Waals surface area contributed by atoms with E-state index in [0.717, 1.165) is 16.8 Å². The molecule has 0 fully saturated rings. The van der Waals surface area contributed by atoms with Gasteiger partial charge in [-0.2, -0.15) is 0 Å². The maximum absolute atomic E-state index is 5.93. The quantitative estimate of drug-likeness (QED) is 0.829. The van der Waals surface area contributed by atoms with E-state index in [-0.39, 0.29) is 5.41 Å². The number of benzene rings is 1. The summed E-state index contributed by atoms with van der Waals surface area (Å²) in [7, 11) is 0. The minimum atomic E-state index is -0.0881. The number of hydrogen-bond donors (Lipinski definition) is 1. The van der Waals surface area contributed by atoms with Gasteiger partial charge in [0.1, 0.15) is 0 Å². The molecule has 3 heteroatoms. The normalized spacial score (nSPS) is 11.8. The third kappa shape index (κ3) is 2.13. The molecule has 2 rings (SSSR count). The van der Waals surface area contributed by atoms with Gasteiger partial charge in [-0.25, -0.2) is 0 Å². The Kier molecular flexibility index (Phi) is 2.93.